The molecule has 0 aromatic carbocycles. The van der Waals surface area contributed by atoms with Gasteiger partial charge in [-0.2, -0.15) is 0 Å². The zero-order valence-corrected chi connectivity index (χ0v) is 20.9. The molecule has 4 fully saturated rings. The number of rotatable bonds is 4. The van der Waals surface area contributed by atoms with E-state index in [4.69, 9.17) is 0 Å². The number of nitrogens with zero attached hydrogens (tertiary/aromatic N) is 2. The third-order valence-electron chi connectivity index (χ3n) is 9.48. The van der Waals surface area contributed by atoms with E-state index in [9.17, 15) is 10.2 Å². The molecule has 0 bridgehead atoms. The molecule has 4 nitrogen and oxygen atoms in total. The van der Waals surface area contributed by atoms with Crippen molar-refractivity contribution in [3.63, 3.8) is 0 Å². The lowest BCUT2D eigenvalue weighted by Crippen LogP contribution is -2.52. The highest BCUT2D eigenvalue weighted by molar-refractivity contribution is 5.38. The number of allylic oxidation sites excluding steroid dienone is 3. The van der Waals surface area contributed by atoms with Crippen molar-refractivity contribution in [2.24, 2.45) is 23.2 Å². The van der Waals surface area contributed by atoms with Crippen molar-refractivity contribution in [3.8, 4) is 0 Å². The lowest BCUT2D eigenvalue weighted by Gasteiger charge is -2.46. The van der Waals surface area contributed by atoms with Gasteiger partial charge in [-0.3, -0.25) is 4.90 Å². The number of piperazine rings is 1. The molecule has 1 aliphatic heterocycles. The molecule has 0 aromatic heterocycles. The first-order valence-electron chi connectivity index (χ1n) is 13.1. The number of hydrogen-bond donors (Lipinski definition) is 2. The van der Waals surface area contributed by atoms with Gasteiger partial charge in [-0.1, -0.05) is 38.2 Å². The Morgan fingerprint density at radius 2 is 2.00 bits per heavy atom. The molecule has 2 unspecified atom stereocenters. The predicted octanol–water partition coefficient (Wildman–Crippen LogP) is 4.40. The maximum Gasteiger partial charge on any atom is 0.0811 e. The summed E-state index contributed by atoms with van der Waals surface area (Å²) in [5.74, 6) is 2.21. The highest BCUT2D eigenvalue weighted by Crippen LogP contribution is 2.59. The van der Waals surface area contributed by atoms with E-state index in [1.165, 1.54) is 58.3 Å². The average Bonchev–Trinajstić information content (AvgIpc) is 3.09. The van der Waals surface area contributed by atoms with Crippen LogP contribution in [0.3, 0.4) is 0 Å². The second-order valence-corrected chi connectivity index (χ2v) is 11.7. The van der Waals surface area contributed by atoms with Crippen molar-refractivity contribution in [2.45, 2.75) is 84.0 Å². The van der Waals surface area contributed by atoms with Crippen molar-refractivity contribution in [3.05, 3.63) is 35.5 Å². The molecule has 0 aromatic rings. The van der Waals surface area contributed by atoms with Gasteiger partial charge in [0.05, 0.1) is 12.2 Å². The Bertz CT molecular complexity index is 759. The second kappa shape index (κ2) is 9.74. The van der Waals surface area contributed by atoms with Crippen molar-refractivity contribution in [1.29, 1.82) is 0 Å². The van der Waals surface area contributed by atoms with Crippen molar-refractivity contribution < 1.29 is 10.2 Å². The van der Waals surface area contributed by atoms with Crippen molar-refractivity contribution in [1.82, 2.24) is 9.80 Å². The average molecular weight is 443 g/mol. The summed E-state index contributed by atoms with van der Waals surface area (Å²) in [6.07, 6.45) is 11.0. The fourth-order valence-electron chi connectivity index (χ4n) is 7.62. The Hall–Kier alpha value is -0.940. The van der Waals surface area contributed by atoms with Crippen LogP contribution in [-0.2, 0) is 0 Å². The van der Waals surface area contributed by atoms with Gasteiger partial charge in [0, 0.05) is 38.6 Å². The van der Waals surface area contributed by atoms with E-state index in [1.807, 2.05) is 0 Å². The van der Waals surface area contributed by atoms with Crippen molar-refractivity contribution in [2.75, 3.05) is 33.2 Å². The molecule has 4 aliphatic rings. The molecule has 7 atom stereocenters. The molecular weight excluding hydrogens is 396 g/mol. The second-order valence-electron chi connectivity index (χ2n) is 11.7. The normalized spacial score (nSPS) is 43.1. The lowest BCUT2D eigenvalue weighted by atomic mass is 9.61. The number of aliphatic hydroxyl groups is 2. The minimum absolute atomic E-state index is 0.403. The molecule has 2 N–H and O–H groups in total. The molecule has 4 rings (SSSR count). The van der Waals surface area contributed by atoms with Crippen LogP contribution in [0.4, 0.5) is 0 Å². The summed E-state index contributed by atoms with van der Waals surface area (Å²) < 4.78 is 0. The Labute approximate surface area is 196 Å². The molecule has 1 saturated heterocycles. The van der Waals surface area contributed by atoms with Crippen LogP contribution < -0.4 is 0 Å². The van der Waals surface area contributed by atoms with E-state index < -0.39 is 12.2 Å². The molecule has 0 amide bonds. The fourth-order valence-corrected chi connectivity index (χ4v) is 7.62. The quantitative estimate of drug-likeness (QED) is 0.677. The largest absolute Gasteiger partial charge is 0.393 e. The maximum absolute atomic E-state index is 10.2. The summed E-state index contributed by atoms with van der Waals surface area (Å²) in [6.45, 7) is 16.4. The summed E-state index contributed by atoms with van der Waals surface area (Å²) in [5, 5.41) is 20.3. The van der Waals surface area contributed by atoms with E-state index in [0.29, 0.717) is 30.2 Å². The molecular formula is C28H46N2O2. The van der Waals surface area contributed by atoms with Gasteiger partial charge in [0.2, 0.25) is 0 Å². The third kappa shape index (κ3) is 4.80. The zero-order valence-electron chi connectivity index (χ0n) is 20.9. The summed E-state index contributed by atoms with van der Waals surface area (Å²) in [6, 6.07) is 0.656. The highest BCUT2D eigenvalue weighted by Gasteiger charge is 2.50. The van der Waals surface area contributed by atoms with E-state index in [1.54, 1.807) is 5.57 Å². The van der Waals surface area contributed by atoms with Gasteiger partial charge >= 0.3 is 0 Å². The van der Waals surface area contributed by atoms with Gasteiger partial charge in [0.25, 0.3) is 0 Å². The minimum Gasteiger partial charge on any atom is -0.393 e. The van der Waals surface area contributed by atoms with Gasteiger partial charge in [0.1, 0.15) is 0 Å². The number of fused-ring (bicyclic) bond motifs is 1. The van der Waals surface area contributed by atoms with E-state index >= 15 is 0 Å². The monoisotopic (exact) mass is 442 g/mol. The van der Waals surface area contributed by atoms with Crippen LogP contribution in [0.2, 0.25) is 0 Å². The van der Waals surface area contributed by atoms with Crippen LogP contribution in [0, 0.1) is 23.2 Å². The Kier molecular flexibility index (Phi) is 7.36. The Balaban J connectivity index is 1.46. The third-order valence-corrected chi connectivity index (χ3v) is 9.48. The topological polar surface area (TPSA) is 46.9 Å². The molecule has 4 heteroatoms. The first kappa shape index (κ1) is 24.2. The first-order valence-corrected chi connectivity index (χ1v) is 13.1. The molecule has 0 spiro atoms. The predicted molar refractivity (Wildman–Crippen MR) is 132 cm³/mol. The Morgan fingerprint density at radius 1 is 1.22 bits per heavy atom. The zero-order chi connectivity index (χ0) is 23.0. The molecule has 3 aliphatic carbocycles. The molecule has 0 radical (unpaired) electrons. The van der Waals surface area contributed by atoms with E-state index in [-0.39, 0.29) is 0 Å². The van der Waals surface area contributed by atoms with E-state index in [2.05, 4.69) is 56.3 Å². The molecule has 180 valence electrons. The minimum atomic E-state index is -0.603. The van der Waals surface area contributed by atoms with Gasteiger partial charge in [-0.15, -0.1) is 0 Å². The maximum atomic E-state index is 10.2. The van der Waals surface area contributed by atoms with Crippen LogP contribution in [0.5, 0.6) is 0 Å². The van der Waals surface area contributed by atoms with Crippen LogP contribution >= 0.6 is 0 Å². The van der Waals surface area contributed by atoms with Crippen LogP contribution in [-0.4, -0.2) is 71.5 Å². The number of aliphatic hydroxyl groups excluding tert-OH is 2. The molecule has 32 heavy (non-hydrogen) atoms. The molecule has 3 saturated carbocycles. The standard InChI is InChI=1S/C28H46N2O2/c1-19(17-30-14-13-29(5)18-20(30)2)25-10-11-26-22(7-6-12-28(25,26)4)8-9-23-15-24(31)16-27(32)21(23)3/h8-9,19-20,24-27,31-32H,3,6-7,10-18H2,1-2,4-5H3/t19?,20?,24-,25-,26+,27+,28-/m1/s1. The SMILES string of the molecule is C=C1C(=CC=C2CCC[C@]3(C)[C@@H](C(C)CN4CCN(C)CC4C)CC[C@@H]23)C[C@@H](O)C[C@@H]1O. The highest BCUT2D eigenvalue weighted by atomic mass is 16.3. The van der Waals surface area contributed by atoms with Gasteiger partial charge in [-0.05, 0) is 86.8 Å². The smallest absolute Gasteiger partial charge is 0.0811 e. The number of hydrogen-bond acceptors (Lipinski definition) is 4. The molecule has 1 heterocycles. The summed E-state index contributed by atoms with van der Waals surface area (Å²) in [4.78, 5) is 5.20. The van der Waals surface area contributed by atoms with E-state index in [0.717, 1.165) is 23.0 Å². The van der Waals surface area contributed by atoms with Gasteiger partial charge < -0.3 is 15.1 Å². The van der Waals surface area contributed by atoms with Gasteiger partial charge in [-0.25, -0.2) is 0 Å². The van der Waals surface area contributed by atoms with Crippen LogP contribution in [0.25, 0.3) is 0 Å². The van der Waals surface area contributed by atoms with Crippen molar-refractivity contribution >= 4 is 0 Å². The van der Waals surface area contributed by atoms with Gasteiger partial charge in [0.15, 0.2) is 0 Å². The lowest BCUT2D eigenvalue weighted by molar-refractivity contribution is 0.0434. The summed E-state index contributed by atoms with van der Waals surface area (Å²) in [5.41, 5.74) is 3.82. The Morgan fingerprint density at radius 3 is 2.75 bits per heavy atom. The fraction of sp³-hybridized carbons (Fsp3) is 0.786. The van der Waals surface area contributed by atoms with Crippen LogP contribution in [0.1, 0.15) is 65.7 Å². The summed E-state index contributed by atoms with van der Waals surface area (Å²) in [7, 11) is 2.25. The number of likely N-dealkylation sites (N-methyl/N-ethyl adjacent to an activating group) is 1. The van der Waals surface area contributed by atoms with Crippen LogP contribution in [0.15, 0.2) is 35.5 Å². The summed E-state index contributed by atoms with van der Waals surface area (Å²) >= 11 is 0. The first-order chi connectivity index (χ1) is 15.2.